The average Bonchev–Trinajstić information content (AvgIpc) is 2.25. The van der Waals surface area contributed by atoms with Gasteiger partial charge in [-0.1, -0.05) is 18.2 Å². The number of benzene rings is 1. The highest BCUT2D eigenvalue weighted by Gasteiger charge is 2.07. The highest BCUT2D eigenvalue weighted by Crippen LogP contribution is 2.21. The maximum absolute atomic E-state index is 9.20. The van der Waals surface area contributed by atoms with E-state index in [9.17, 15) is 5.21 Å². The Morgan fingerprint density at radius 2 is 2.17 bits per heavy atom. The smallest absolute Gasteiger partial charge is 0.131 e. The first kappa shape index (κ1) is 7.18. The third kappa shape index (κ3) is 1.26. The van der Waals surface area contributed by atoms with Gasteiger partial charge in [-0.3, -0.25) is 10.3 Å². The second-order valence-corrected chi connectivity index (χ2v) is 2.61. The molecule has 1 aliphatic rings. The number of nitrogens with zero attached hydrogens (tertiary/aromatic N) is 1. The van der Waals surface area contributed by atoms with E-state index in [1.807, 2.05) is 24.3 Å². The number of hydroxylamine groups is 2. The fraction of sp³-hybridized carbons (Fsp3) is 0.111. The van der Waals surface area contributed by atoms with Crippen LogP contribution >= 0.6 is 0 Å². The average molecular weight is 163 g/mol. The highest BCUT2D eigenvalue weighted by molar-refractivity contribution is 5.34. The molecule has 1 N–H and O–H groups in total. The Morgan fingerprint density at radius 3 is 3.08 bits per heavy atom. The molecular weight excluding hydrogens is 154 g/mol. The second kappa shape index (κ2) is 2.87. The highest BCUT2D eigenvalue weighted by atomic mass is 16.5. The number of fused-ring (bicyclic) bond motifs is 1. The Balaban J connectivity index is 2.38. The van der Waals surface area contributed by atoms with Crippen LogP contribution in [0.25, 0.3) is 0 Å². The van der Waals surface area contributed by atoms with Crippen molar-refractivity contribution in [3.05, 3.63) is 42.3 Å². The number of ether oxygens (including phenoxy) is 1. The molecule has 1 aromatic rings. The van der Waals surface area contributed by atoms with Crippen LogP contribution in [0, 0.1) is 0 Å². The van der Waals surface area contributed by atoms with E-state index in [-0.39, 0.29) is 0 Å². The quantitative estimate of drug-likeness (QED) is 0.632. The summed E-state index contributed by atoms with van der Waals surface area (Å²) in [5.74, 6) is 0.797. The third-order valence-corrected chi connectivity index (χ3v) is 1.73. The molecule has 3 nitrogen and oxygen atoms in total. The van der Waals surface area contributed by atoms with Gasteiger partial charge in [-0.15, -0.1) is 0 Å². The van der Waals surface area contributed by atoms with E-state index >= 15 is 0 Å². The van der Waals surface area contributed by atoms with Crippen LogP contribution in [0.15, 0.2) is 36.7 Å². The lowest BCUT2D eigenvalue weighted by Gasteiger charge is -2.09. The van der Waals surface area contributed by atoms with Crippen molar-refractivity contribution in [2.45, 2.75) is 6.54 Å². The van der Waals surface area contributed by atoms with Crippen LogP contribution in [0.3, 0.4) is 0 Å². The fourth-order valence-electron chi connectivity index (χ4n) is 1.15. The molecule has 0 radical (unpaired) electrons. The minimum absolute atomic E-state index is 0.465. The fourth-order valence-corrected chi connectivity index (χ4v) is 1.15. The van der Waals surface area contributed by atoms with Crippen LogP contribution in [-0.4, -0.2) is 10.3 Å². The molecule has 2 rings (SSSR count). The Morgan fingerprint density at radius 1 is 1.33 bits per heavy atom. The standard InChI is InChI=1S/C9H9NO2/c11-10-5-6-12-9-4-2-1-3-8(9)7-10/h1-6,11H,7H2. The normalized spacial score (nSPS) is 14.9. The van der Waals surface area contributed by atoms with Crippen molar-refractivity contribution < 1.29 is 9.94 Å². The monoisotopic (exact) mass is 163 g/mol. The van der Waals surface area contributed by atoms with Gasteiger partial charge >= 0.3 is 0 Å². The Hall–Kier alpha value is -1.48. The summed E-state index contributed by atoms with van der Waals surface area (Å²) in [6.07, 6.45) is 2.95. The summed E-state index contributed by atoms with van der Waals surface area (Å²) < 4.78 is 5.24. The summed E-state index contributed by atoms with van der Waals surface area (Å²) in [6.45, 7) is 0.465. The molecule has 0 saturated carbocycles. The van der Waals surface area contributed by atoms with Crippen LogP contribution in [0.2, 0.25) is 0 Å². The van der Waals surface area contributed by atoms with Gasteiger partial charge in [0, 0.05) is 5.56 Å². The molecular formula is C9H9NO2. The first-order valence-corrected chi connectivity index (χ1v) is 3.73. The molecule has 62 valence electrons. The molecule has 0 unspecified atom stereocenters. The minimum atomic E-state index is 0.465. The molecule has 1 heterocycles. The van der Waals surface area contributed by atoms with Gasteiger partial charge in [0.25, 0.3) is 0 Å². The molecule has 1 aromatic carbocycles. The molecule has 0 spiro atoms. The van der Waals surface area contributed by atoms with E-state index in [4.69, 9.17) is 4.74 Å². The van der Waals surface area contributed by atoms with Gasteiger partial charge < -0.3 is 4.74 Å². The van der Waals surface area contributed by atoms with Gasteiger partial charge in [-0.2, -0.15) is 0 Å². The van der Waals surface area contributed by atoms with Crippen molar-refractivity contribution in [3.8, 4) is 5.75 Å². The Kier molecular flexibility index (Phi) is 1.72. The maximum Gasteiger partial charge on any atom is 0.131 e. The van der Waals surface area contributed by atoms with Gasteiger partial charge in [0.2, 0.25) is 0 Å². The van der Waals surface area contributed by atoms with Gasteiger partial charge in [0.1, 0.15) is 12.0 Å². The number of para-hydroxylation sites is 1. The van der Waals surface area contributed by atoms with E-state index in [1.165, 1.54) is 12.5 Å². The summed E-state index contributed by atoms with van der Waals surface area (Å²) in [5.41, 5.74) is 0.977. The predicted molar refractivity (Wildman–Crippen MR) is 43.5 cm³/mol. The number of rotatable bonds is 0. The lowest BCUT2D eigenvalue weighted by Crippen LogP contribution is -2.09. The van der Waals surface area contributed by atoms with Crippen LogP contribution in [0.4, 0.5) is 0 Å². The van der Waals surface area contributed by atoms with Crippen molar-refractivity contribution >= 4 is 0 Å². The van der Waals surface area contributed by atoms with Gasteiger partial charge in [-0.05, 0) is 6.07 Å². The first-order valence-electron chi connectivity index (χ1n) is 3.73. The van der Waals surface area contributed by atoms with E-state index in [0.29, 0.717) is 6.54 Å². The minimum Gasteiger partial charge on any atom is -0.463 e. The van der Waals surface area contributed by atoms with Gasteiger partial charge in [0.05, 0.1) is 12.7 Å². The molecule has 3 heteroatoms. The summed E-state index contributed by atoms with van der Waals surface area (Å²) >= 11 is 0. The number of hydrogen-bond acceptors (Lipinski definition) is 3. The van der Waals surface area contributed by atoms with Crippen molar-refractivity contribution in [3.63, 3.8) is 0 Å². The molecule has 0 amide bonds. The molecule has 0 fully saturated rings. The van der Waals surface area contributed by atoms with E-state index < -0.39 is 0 Å². The van der Waals surface area contributed by atoms with E-state index in [1.54, 1.807) is 0 Å². The van der Waals surface area contributed by atoms with Gasteiger partial charge in [0.15, 0.2) is 0 Å². The molecule has 0 aromatic heterocycles. The van der Waals surface area contributed by atoms with Crippen LogP contribution < -0.4 is 4.74 Å². The largest absolute Gasteiger partial charge is 0.463 e. The molecule has 0 saturated heterocycles. The molecule has 0 bridgehead atoms. The topological polar surface area (TPSA) is 32.7 Å². The third-order valence-electron chi connectivity index (χ3n) is 1.73. The first-order chi connectivity index (χ1) is 5.86. The molecule has 1 aliphatic heterocycles. The maximum atomic E-state index is 9.20. The van der Waals surface area contributed by atoms with Crippen LogP contribution in [-0.2, 0) is 6.54 Å². The molecule has 12 heavy (non-hydrogen) atoms. The second-order valence-electron chi connectivity index (χ2n) is 2.61. The Bertz CT molecular complexity index is 309. The van der Waals surface area contributed by atoms with Crippen LogP contribution in [0.1, 0.15) is 5.56 Å². The van der Waals surface area contributed by atoms with Crippen molar-refractivity contribution in [1.82, 2.24) is 5.06 Å². The van der Waals surface area contributed by atoms with Gasteiger partial charge in [-0.25, -0.2) is 0 Å². The van der Waals surface area contributed by atoms with Crippen LogP contribution in [0.5, 0.6) is 5.75 Å². The number of hydrogen-bond donors (Lipinski definition) is 1. The zero-order valence-corrected chi connectivity index (χ0v) is 6.47. The zero-order chi connectivity index (χ0) is 8.39. The summed E-state index contributed by atoms with van der Waals surface area (Å²) in [5, 5.41) is 10.3. The summed E-state index contributed by atoms with van der Waals surface area (Å²) in [6, 6.07) is 7.62. The van der Waals surface area contributed by atoms with E-state index in [0.717, 1.165) is 16.4 Å². The SMILES string of the molecule is ON1C=COc2ccccc2C1. The lowest BCUT2D eigenvalue weighted by molar-refractivity contribution is -0.0488. The Labute approximate surface area is 70.5 Å². The molecule has 0 aliphatic carbocycles. The van der Waals surface area contributed by atoms with Crippen molar-refractivity contribution in [2.75, 3.05) is 0 Å². The van der Waals surface area contributed by atoms with E-state index in [2.05, 4.69) is 0 Å². The predicted octanol–water partition coefficient (Wildman–Crippen LogP) is 1.74. The zero-order valence-electron chi connectivity index (χ0n) is 6.47. The summed E-state index contributed by atoms with van der Waals surface area (Å²) in [7, 11) is 0. The van der Waals surface area contributed by atoms with Crippen molar-refractivity contribution in [1.29, 1.82) is 0 Å². The van der Waals surface area contributed by atoms with Crippen molar-refractivity contribution in [2.24, 2.45) is 0 Å². The lowest BCUT2D eigenvalue weighted by atomic mass is 10.2. The molecule has 0 atom stereocenters. The summed E-state index contributed by atoms with van der Waals surface area (Å²) in [4.78, 5) is 0.